The lowest BCUT2D eigenvalue weighted by molar-refractivity contribution is -0.143. The van der Waals surface area contributed by atoms with Gasteiger partial charge in [0.25, 0.3) is 0 Å². The first kappa shape index (κ1) is 30.1. The third-order valence-corrected chi connectivity index (χ3v) is 9.23. The fourth-order valence-electron chi connectivity index (χ4n) is 6.89. The quantitative estimate of drug-likeness (QED) is 0.225. The van der Waals surface area contributed by atoms with Gasteiger partial charge in [-0.15, -0.1) is 0 Å². The highest BCUT2D eigenvalue weighted by molar-refractivity contribution is 5.87. The van der Waals surface area contributed by atoms with Crippen molar-refractivity contribution in [3.8, 4) is 11.5 Å². The summed E-state index contributed by atoms with van der Waals surface area (Å²) in [5, 5.41) is 4.54. The van der Waals surface area contributed by atoms with Gasteiger partial charge < -0.3 is 24.1 Å². The summed E-state index contributed by atoms with van der Waals surface area (Å²) in [5.74, 6) is 3.66. The van der Waals surface area contributed by atoms with Crippen molar-refractivity contribution in [2.75, 3.05) is 32.7 Å². The molecule has 0 bridgehead atoms. The maximum Gasteiger partial charge on any atom is 0.305 e. The molecule has 0 saturated heterocycles. The second-order valence-electron chi connectivity index (χ2n) is 12.2. The highest BCUT2D eigenvalue weighted by atomic mass is 16.5. The summed E-state index contributed by atoms with van der Waals surface area (Å²) in [5.41, 5.74) is 2.03. The van der Waals surface area contributed by atoms with E-state index in [1.54, 1.807) is 20.5 Å². The predicted molar refractivity (Wildman–Crippen MR) is 165 cm³/mol. The molecule has 42 heavy (non-hydrogen) atoms. The summed E-state index contributed by atoms with van der Waals surface area (Å²) >= 11 is 0. The molecule has 0 aliphatic heterocycles. The van der Waals surface area contributed by atoms with Crippen LogP contribution in [-0.4, -0.2) is 64.9 Å². The largest absolute Gasteiger partial charge is 0.497 e. The van der Waals surface area contributed by atoms with Crippen LogP contribution in [0.4, 0.5) is 5.82 Å². The van der Waals surface area contributed by atoms with Crippen LogP contribution < -0.4 is 14.8 Å². The van der Waals surface area contributed by atoms with Crippen LogP contribution in [0.3, 0.4) is 0 Å². The van der Waals surface area contributed by atoms with Crippen molar-refractivity contribution < 1.29 is 19.0 Å². The lowest BCUT2D eigenvalue weighted by atomic mass is 9.76. The number of hydrogen-bond donors (Lipinski definition) is 1. The Kier molecular flexibility index (Phi) is 9.88. The normalized spacial score (nSPS) is 22.0. The van der Waals surface area contributed by atoms with Crippen molar-refractivity contribution in [2.45, 2.75) is 90.4 Å². The van der Waals surface area contributed by atoms with Gasteiger partial charge in [0.2, 0.25) is 0 Å². The molecule has 2 aromatic heterocycles. The Morgan fingerprint density at radius 3 is 2.67 bits per heavy atom. The van der Waals surface area contributed by atoms with Crippen LogP contribution in [0.1, 0.15) is 77.3 Å². The highest BCUT2D eigenvalue weighted by Gasteiger charge is 2.37. The average molecular weight is 578 g/mol. The second kappa shape index (κ2) is 13.8. The van der Waals surface area contributed by atoms with Gasteiger partial charge in [-0.25, -0.2) is 9.97 Å². The summed E-state index contributed by atoms with van der Waals surface area (Å²) in [4.78, 5) is 23.7. The van der Waals surface area contributed by atoms with E-state index in [-0.39, 0.29) is 5.97 Å². The Morgan fingerprint density at radius 2 is 1.93 bits per heavy atom. The van der Waals surface area contributed by atoms with Crippen LogP contribution in [0.2, 0.25) is 0 Å². The molecule has 9 heteroatoms. The van der Waals surface area contributed by atoms with E-state index in [9.17, 15) is 4.79 Å². The van der Waals surface area contributed by atoms with E-state index in [2.05, 4.69) is 45.9 Å². The van der Waals surface area contributed by atoms with Crippen LogP contribution in [0.15, 0.2) is 36.8 Å². The van der Waals surface area contributed by atoms with Crippen molar-refractivity contribution >= 4 is 22.8 Å². The first-order valence-corrected chi connectivity index (χ1v) is 15.6. The van der Waals surface area contributed by atoms with E-state index >= 15 is 0 Å². The predicted octanol–water partition coefficient (Wildman–Crippen LogP) is 6.23. The number of esters is 1. The van der Waals surface area contributed by atoms with Gasteiger partial charge in [-0.05, 0) is 89.3 Å². The number of benzene rings is 1. The average Bonchev–Trinajstić information content (AvgIpc) is 3.61. The zero-order valence-electron chi connectivity index (χ0n) is 25.8. The zero-order chi connectivity index (χ0) is 29.6. The molecule has 9 nitrogen and oxygen atoms in total. The highest BCUT2D eigenvalue weighted by Crippen LogP contribution is 2.41. The molecule has 2 aliphatic carbocycles. The van der Waals surface area contributed by atoms with E-state index in [1.807, 2.05) is 25.1 Å². The first-order chi connectivity index (χ1) is 20.4. The third-order valence-electron chi connectivity index (χ3n) is 9.23. The minimum atomic E-state index is -0.0538. The molecule has 228 valence electrons. The summed E-state index contributed by atoms with van der Waals surface area (Å²) in [7, 11) is 3.33. The number of hydrogen-bond acceptors (Lipinski definition) is 8. The fourth-order valence-corrected chi connectivity index (χ4v) is 6.89. The molecule has 2 atom stereocenters. The number of aromatic nitrogens is 3. The lowest BCUT2D eigenvalue weighted by Gasteiger charge is -2.46. The number of carbonyl (C=O) groups is 1. The second-order valence-corrected chi connectivity index (χ2v) is 12.2. The number of carbonyl (C=O) groups excluding carboxylic acids is 1. The summed E-state index contributed by atoms with van der Waals surface area (Å²) in [6.07, 6.45) is 11.3. The van der Waals surface area contributed by atoms with Gasteiger partial charge in [0.1, 0.15) is 29.3 Å². The first-order valence-electron chi connectivity index (χ1n) is 15.6. The Bertz CT molecular complexity index is 1340. The fraction of sp³-hybridized carbons (Fsp3) is 0.606. The van der Waals surface area contributed by atoms with Crippen molar-refractivity contribution in [1.29, 1.82) is 0 Å². The molecular formula is C33H47N5O4. The molecule has 0 spiro atoms. The van der Waals surface area contributed by atoms with Gasteiger partial charge in [-0.1, -0.05) is 0 Å². The van der Waals surface area contributed by atoms with Crippen LogP contribution >= 0.6 is 0 Å². The smallest absolute Gasteiger partial charge is 0.305 e. The summed E-state index contributed by atoms with van der Waals surface area (Å²) in [6.45, 7) is 8.73. The molecule has 1 N–H and O–H groups in total. The molecule has 3 aromatic rings. The number of fused-ring (bicyclic) bond motifs is 1. The van der Waals surface area contributed by atoms with E-state index in [0.717, 1.165) is 46.9 Å². The van der Waals surface area contributed by atoms with Crippen LogP contribution in [0, 0.1) is 11.8 Å². The SMILES string of the molecule is CCOC(=O)CCC1CC(N(CC2CCC(n3ccc4c(NCc5ccc(OC)cc5OC)ncnc43)C2)C(C)C)C1. The maximum absolute atomic E-state index is 11.8. The van der Waals surface area contributed by atoms with Gasteiger partial charge in [-0.3, -0.25) is 9.69 Å². The Balaban J connectivity index is 1.18. The molecule has 2 heterocycles. The van der Waals surface area contributed by atoms with E-state index in [4.69, 9.17) is 19.2 Å². The standard InChI is InChI=1S/C33H47N5O4/c1-6-42-31(39)12-8-23-15-27(16-23)38(22(2)3)20-24-7-10-26(17-24)37-14-13-29-32(35-21-36-33(29)37)34-19-25-9-11-28(40-4)18-30(25)41-5/h9,11,13-14,18,21-24,26-27H,6-8,10,12,15-17,19-20H2,1-5H3,(H,34,35,36). The topological polar surface area (TPSA) is 90.7 Å². The monoisotopic (exact) mass is 577 g/mol. The van der Waals surface area contributed by atoms with Gasteiger partial charge in [0.05, 0.1) is 26.2 Å². The number of ether oxygens (including phenoxy) is 3. The summed E-state index contributed by atoms with van der Waals surface area (Å²) < 4.78 is 18.4. The Hall–Kier alpha value is -3.33. The number of anilines is 1. The molecule has 0 amide bonds. The van der Waals surface area contributed by atoms with Crippen molar-refractivity contribution in [1.82, 2.24) is 19.4 Å². The van der Waals surface area contributed by atoms with Gasteiger partial charge >= 0.3 is 5.97 Å². The van der Waals surface area contributed by atoms with Gasteiger partial charge in [0, 0.05) is 55.5 Å². The van der Waals surface area contributed by atoms with Crippen molar-refractivity contribution in [3.63, 3.8) is 0 Å². The zero-order valence-corrected chi connectivity index (χ0v) is 25.8. The number of methoxy groups -OCH3 is 2. The Labute approximate surface area is 249 Å². The molecule has 0 radical (unpaired) electrons. The van der Waals surface area contributed by atoms with E-state index in [1.165, 1.54) is 32.1 Å². The Morgan fingerprint density at radius 1 is 1.10 bits per heavy atom. The third kappa shape index (κ3) is 6.83. The van der Waals surface area contributed by atoms with Gasteiger partial charge in [-0.2, -0.15) is 0 Å². The van der Waals surface area contributed by atoms with Gasteiger partial charge in [0.15, 0.2) is 0 Å². The summed E-state index contributed by atoms with van der Waals surface area (Å²) in [6, 6.07) is 9.60. The minimum Gasteiger partial charge on any atom is -0.497 e. The lowest BCUT2D eigenvalue weighted by Crippen LogP contribution is -2.49. The molecule has 2 saturated carbocycles. The molecular weight excluding hydrogens is 530 g/mol. The maximum atomic E-state index is 11.8. The molecule has 2 aliphatic rings. The van der Waals surface area contributed by atoms with Crippen molar-refractivity contribution in [2.24, 2.45) is 11.8 Å². The number of rotatable bonds is 14. The molecule has 1 aromatic carbocycles. The molecule has 2 unspecified atom stereocenters. The van der Waals surface area contributed by atoms with E-state index < -0.39 is 0 Å². The number of nitrogens with zero attached hydrogens (tertiary/aromatic N) is 4. The van der Waals surface area contributed by atoms with E-state index in [0.29, 0.717) is 49.5 Å². The van der Waals surface area contributed by atoms with Crippen LogP contribution in [0.5, 0.6) is 11.5 Å². The number of nitrogens with one attached hydrogen (secondary N) is 1. The molecule has 2 fully saturated rings. The minimum absolute atomic E-state index is 0.0538. The van der Waals surface area contributed by atoms with Crippen LogP contribution in [0.25, 0.3) is 11.0 Å². The van der Waals surface area contributed by atoms with Crippen LogP contribution in [-0.2, 0) is 16.1 Å². The molecule has 5 rings (SSSR count). The van der Waals surface area contributed by atoms with Crippen molar-refractivity contribution in [3.05, 3.63) is 42.4 Å².